The van der Waals surface area contributed by atoms with Crippen LogP contribution < -0.4 is 0 Å². The molecule has 3 aliphatic rings. The molecule has 10 unspecified atom stereocenters. The van der Waals surface area contributed by atoms with E-state index in [0.29, 0.717) is 5.41 Å². The van der Waals surface area contributed by atoms with E-state index in [0.717, 1.165) is 53.3 Å². The van der Waals surface area contributed by atoms with Gasteiger partial charge in [-0.15, -0.1) is 0 Å². The Kier molecular flexibility index (Phi) is 5.97. The summed E-state index contributed by atoms with van der Waals surface area (Å²) in [5, 5.41) is 0. The monoisotopic (exact) mass is 346 g/mol. The molecule has 0 amide bonds. The summed E-state index contributed by atoms with van der Waals surface area (Å²) in [6, 6.07) is 0. The molecule has 0 spiro atoms. The molecule has 0 aliphatic heterocycles. The molecule has 0 saturated heterocycles. The smallest absolute Gasteiger partial charge is 0.0249 e. The highest BCUT2D eigenvalue weighted by molar-refractivity contribution is 5.00. The molecule has 10 atom stereocenters. The molecule has 0 radical (unpaired) electrons. The highest BCUT2D eigenvalue weighted by atomic mass is 14.6. The van der Waals surface area contributed by atoms with E-state index < -0.39 is 0 Å². The molecular weight excluding hydrogens is 300 g/mol. The van der Waals surface area contributed by atoms with Crippen molar-refractivity contribution in [1.29, 1.82) is 0 Å². The fourth-order valence-corrected chi connectivity index (χ4v) is 7.35. The summed E-state index contributed by atoms with van der Waals surface area (Å²) in [7, 11) is 0. The van der Waals surface area contributed by atoms with Gasteiger partial charge in [0.25, 0.3) is 0 Å². The molecule has 0 heteroatoms. The average Bonchev–Trinajstić information content (AvgIpc) is 3.32. The lowest BCUT2D eigenvalue weighted by molar-refractivity contribution is -0.0251. The Morgan fingerprint density at radius 1 is 0.920 bits per heavy atom. The minimum absolute atomic E-state index is 0.706. The second-order valence-corrected chi connectivity index (χ2v) is 11.2. The van der Waals surface area contributed by atoms with Gasteiger partial charge in [-0.3, -0.25) is 0 Å². The zero-order valence-corrected chi connectivity index (χ0v) is 18.4. The summed E-state index contributed by atoms with van der Waals surface area (Å²) in [6.45, 7) is 17.7. The maximum Gasteiger partial charge on any atom is -0.0249 e. The minimum Gasteiger partial charge on any atom is -0.0648 e. The molecule has 25 heavy (non-hydrogen) atoms. The Bertz CT molecular complexity index is 435. The van der Waals surface area contributed by atoms with Crippen molar-refractivity contribution in [2.45, 2.75) is 99.8 Å². The lowest BCUT2D eigenvalue weighted by Gasteiger charge is -2.52. The third kappa shape index (κ3) is 3.84. The first kappa shape index (κ1) is 19.8. The third-order valence-corrected chi connectivity index (χ3v) is 9.84. The summed E-state index contributed by atoms with van der Waals surface area (Å²) in [5.74, 6) is 8.86. The van der Waals surface area contributed by atoms with Crippen molar-refractivity contribution in [1.82, 2.24) is 0 Å². The maximum atomic E-state index is 2.62. The summed E-state index contributed by atoms with van der Waals surface area (Å²) < 4.78 is 0. The van der Waals surface area contributed by atoms with Crippen molar-refractivity contribution in [2.75, 3.05) is 0 Å². The standard InChI is InChI=1S/C25H46/c1-8-25(10-9-19(25)5)20(6)14-23-15-24(23)21(7)22-12-16(2)11-17(3)18(4)13-22/h16-24H,8-15H2,1-7H3. The van der Waals surface area contributed by atoms with Gasteiger partial charge < -0.3 is 0 Å². The summed E-state index contributed by atoms with van der Waals surface area (Å²) in [4.78, 5) is 0. The fraction of sp³-hybridized carbons (Fsp3) is 1.00. The van der Waals surface area contributed by atoms with Gasteiger partial charge in [-0.1, -0.05) is 48.5 Å². The second-order valence-electron chi connectivity index (χ2n) is 11.2. The lowest BCUT2D eigenvalue weighted by atomic mass is 9.53. The van der Waals surface area contributed by atoms with Gasteiger partial charge in [0.2, 0.25) is 0 Å². The van der Waals surface area contributed by atoms with E-state index in [1.807, 2.05) is 0 Å². The van der Waals surface area contributed by atoms with E-state index in [2.05, 4.69) is 48.5 Å². The van der Waals surface area contributed by atoms with Crippen molar-refractivity contribution in [3.63, 3.8) is 0 Å². The molecule has 0 bridgehead atoms. The quantitative estimate of drug-likeness (QED) is 0.430. The largest absolute Gasteiger partial charge is 0.0648 e. The van der Waals surface area contributed by atoms with Crippen LogP contribution in [0.2, 0.25) is 0 Å². The van der Waals surface area contributed by atoms with Gasteiger partial charge in [0.15, 0.2) is 0 Å². The van der Waals surface area contributed by atoms with Crippen LogP contribution in [0, 0.1) is 58.7 Å². The molecule has 0 heterocycles. The Morgan fingerprint density at radius 3 is 2.16 bits per heavy atom. The van der Waals surface area contributed by atoms with E-state index in [4.69, 9.17) is 0 Å². The van der Waals surface area contributed by atoms with Crippen molar-refractivity contribution >= 4 is 0 Å². The first-order valence-corrected chi connectivity index (χ1v) is 11.8. The van der Waals surface area contributed by atoms with E-state index in [1.165, 1.54) is 44.9 Å². The minimum atomic E-state index is 0.706. The van der Waals surface area contributed by atoms with Gasteiger partial charge in [0.1, 0.15) is 0 Å². The Hall–Kier alpha value is 0. The highest BCUT2D eigenvalue weighted by Gasteiger charge is 2.50. The highest BCUT2D eigenvalue weighted by Crippen LogP contribution is 2.59. The zero-order valence-electron chi connectivity index (χ0n) is 18.4. The van der Waals surface area contributed by atoms with Gasteiger partial charge in [-0.05, 0) is 110 Å². The molecule has 146 valence electrons. The van der Waals surface area contributed by atoms with Gasteiger partial charge in [0, 0.05) is 0 Å². The molecular formula is C25H46. The van der Waals surface area contributed by atoms with Crippen LogP contribution in [-0.2, 0) is 0 Å². The van der Waals surface area contributed by atoms with Crippen LogP contribution in [-0.4, -0.2) is 0 Å². The predicted octanol–water partition coefficient (Wildman–Crippen LogP) is 7.82. The number of hydrogen-bond donors (Lipinski definition) is 0. The molecule has 0 aromatic heterocycles. The molecule has 0 aromatic rings. The first-order chi connectivity index (χ1) is 11.8. The fourth-order valence-electron chi connectivity index (χ4n) is 7.35. The Labute approximate surface area is 158 Å². The van der Waals surface area contributed by atoms with E-state index in [-0.39, 0.29) is 0 Å². The number of rotatable bonds is 6. The molecule has 3 saturated carbocycles. The predicted molar refractivity (Wildman–Crippen MR) is 110 cm³/mol. The molecule has 3 aliphatic carbocycles. The van der Waals surface area contributed by atoms with Gasteiger partial charge in [-0.25, -0.2) is 0 Å². The summed E-state index contributed by atoms with van der Waals surface area (Å²) in [6.07, 6.45) is 12.0. The van der Waals surface area contributed by atoms with Crippen LogP contribution in [0.4, 0.5) is 0 Å². The van der Waals surface area contributed by atoms with Crippen LogP contribution in [0.1, 0.15) is 99.8 Å². The lowest BCUT2D eigenvalue weighted by Crippen LogP contribution is -2.43. The van der Waals surface area contributed by atoms with Gasteiger partial charge in [0.05, 0.1) is 0 Å². The van der Waals surface area contributed by atoms with E-state index >= 15 is 0 Å². The van der Waals surface area contributed by atoms with Crippen molar-refractivity contribution in [2.24, 2.45) is 58.7 Å². The third-order valence-electron chi connectivity index (χ3n) is 9.84. The van der Waals surface area contributed by atoms with Crippen LogP contribution in [0.3, 0.4) is 0 Å². The van der Waals surface area contributed by atoms with Gasteiger partial charge in [-0.2, -0.15) is 0 Å². The van der Waals surface area contributed by atoms with Crippen molar-refractivity contribution in [3.8, 4) is 0 Å². The molecule has 3 fully saturated rings. The maximum absolute atomic E-state index is 2.62. The summed E-state index contributed by atoms with van der Waals surface area (Å²) in [5.41, 5.74) is 0.706. The molecule has 3 rings (SSSR count). The topological polar surface area (TPSA) is 0 Å². The average molecular weight is 347 g/mol. The van der Waals surface area contributed by atoms with E-state index in [1.54, 1.807) is 6.42 Å². The molecule has 0 nitrogen and oxygen atoms in total. The van der Waals surface area contributed by atoms with Crippen LogP contribution >= 0.6 is 0 Å². The molecule has 0 N–H and O–H groups in total. The number of hydrogen-bond acceptors (Lipinski definition) is 0. The Balaban J connectivity index is 1.54. The summed E-state index contributed by atoms with van der Waals surface area (Å²) >= 11 is 0. The van der Waals surface area contributed by atoms with Crippen LogP contribution in [0.5, 0.6) is 0 Å². The zero-order chi connectivity index (χ0) is 18.4. The van der Waals surface area contributed by atoms with E-state index in [9.17, 15) is 0 Å². The van der Waals surface area contributed by atoms with Gasteiger partial charge >= 0.3 is 0 Å². The van der Waals surface area contributed by atoms with Crippen molar-refractivity contribution in [3.05, 3.63) is 0 Å². The Morgan fingerprint density at radius 2 is 1.60 bits per heavy atom. The second kappa shape index (κ2) is 7.55. The molecule has 0 aromatic carbocycles. The SMILES string of the molecule is CCC1(C(C)CC2CC2C(C)C2CC(C)CC(C)C(C)C2)CCC1C. The van der Waals surface area contributed by atoms with Crippen molar-refractivity contribution < 1.29 is 0 Å². The first-order valence-electron chi connectivity index (χ1n) is 11.8. The van der Waals surface area contributed by atoms with Crippen LogP contribution in [0.15, 0.2) is 0 Å². The van der Waals surface area contributed by atoms with Crippen LogP contribution in [0.25, 0.3) is 0 Å². The normalized spacial score (nSPS) is 49.8.